The lowest BCUT2D eigenvalue weighted by molar-refractivity contribution is 1.12. The van der Waals surface area contributed by atoms with Crippen molar-refractivity contribution in [2.24, 2.45) is 0 Å². The van der Waals surface area contributed by atoms with E-state index < -0.39 is 0 Å². The van der Waals surface area contributed by atoms with E-state index in [9.17, 15) is 0 Å². The Balaban J connectivity index is 1.65. The van der Waals surface area contributed by atoms with Gasteiger partial charge in [-0.15, -0.1) is 0 Å². The average Bonchev–Trinajstić information content (AvgIpc) is 3.04. The molecular weight excluding hydrogens is 274 g/mol. The molecule has 0 aliphatic rings. The van der Waals surface area contributed by atoms with Crippen molar-refractivity contribution < 1.29 is 0 Å². The van der Waals surface area contributed by atoms with Crippen molar-refractivity contribution in [3.05, 3.63) is 67.0 Å². The number of anilines is 2. The lowest BCUT2D eigenvalue weighted by Crippen LogP contribution is -1.96. The summed E-state index contributed by atoms with van der Waals surface area (Å²) in [5, 5.41) is 11.3. The van der Waals surface area contributed by atoms with Crippen LogP contribution in [0.3, 0.4) is 0 Å². The number of H-pyrrole nitrogens is 1. The third kappa shape index (κ3) is 2.40. The van der Waals surface area contributed by atoms with E-state index in [0.717, 1.165) is 28.0 Å². The molecule has 2 N–H and O–H groups in total. The lowest BCUT2D eigenvalue weighted by Gasteiger charge is -2.07. The molecule has 0 aliphatic carbocycles. The maximum atomic E-state index is 4.56. The van der Waals surface area contributed by atoms with Gasteiger partial charge in [-0.3, -0.25) is 5.10 Å². The Morgan fingerprint density at radius 1 is 0.955 bits per heavy atom. The third-order valence-electron chi connectivity index (χ3n) is 3.40. The molecule has 5 nitrogen and oxygen atoms in total. The van der Waals surface area contributed by atoms with E-state index in [2.05, 4.69) is 25.5 Å². The van der Waals surface area contributed by atoms with Crippen LogP contribution in [0.1, 0.15) is 0 Å². The van der Waals surface area contributed by atoms with E-state index in [-0.39, 0.29) is 0 Å². The van der Waals surface area contributed by atoms with E-state index in [0.29, 0.717) is 5.82 Å². The van der Waals surface area contributed by atoms with Crippen LogP contribution in [0, 0.1) is 0 Å². The number of fused-ring (bicyclic) bond motifs is 1. The van der Waals surface area contributed by atoms with Crippen molar-refractivity contribution in [2.45, 2.75) is 0 Å². The Hall–Kier alpha value is -3.21. The topological polar surface area (TPSA) is 66.5 Å². The summed E-state index contributed by atoms with van der Waals surface area (Å²) < 4.78 is 0. The van der Waals surface area contributed by atoms with Gasteiger partial charge in [0, 0.05) is 22.8 Å². The smallest absolute Gasteiger partial charge is 0.161 e. The average molecular weight is 287 g/mol. The monoisotopic (exact) mass is 287 g/mol. The first kappa shape index (κ1) is 12.5. The molecule has 22 heavy (non-hydrogen) atoms. The van der Waals surface area contributed by atoms with Crippen LogP contribution in [0.2, 0.25) is 0 Å². The van der Waals surface area contributed by atoms with Crippen molar-refractivity contribution in [1.29, 1.82) is 0 Å². The molecule has 5 heteroatoms. The molecule has 0 bridgehead atoms. The standard InChI is InChI=1S/C17H13N5/c1-2-4-12(5-3-1)17-18-9-8-16(21-17)20-14-6-7-15-13(10-14)11-19-22-15/h1-11H,(H,19,22)(H,18,20,21). The van der Waals surface area contributed by atoms with Gasteiger partial charge in [0.25, 0.3) is 0 Å². The van der Waals surface area contributed by atoms with Gasteiger partial charge in [-0.05, 0) is 24.3 Å². The number of nitrogens with zero attached hydrogens (tertiary/aromatic N) is 3. The third-order valence-corrected chi connectivity index (χ3v) is 3.40. The first-order valence-corrected chi connectivity index (χ1v) is 6.97. The Morgan fingerprint density at radius 3 is 2.77 bits per heavy atom. The first-order valence-electron chi connectivity index (χ1n) is 6.97. The molecule has 4 aromatic rings. The number of hydrogen-bond acceptors (Lipinski definition) is 4. The van der Waals surface area contributed by atoms with Gasteiger partial charge in [-0.1, -0.05) is 30.3 Å². The Labute approximate surface area is 127 Å². The van der Waals surface area contributed by atoms with Gasteiger partial charge in [0.15, 0.2) is 5.82 Å². The summed E-state index contributed by atoms with van der Waals surface area (Å²) in [5.74, 6) is 1.46. The molecule has 0 spiro atoms. The normalized spacial score (nSPS) is 10.7. The number of hydrogen-bond donors (Lipinski definition) is 2. The number of benzene rings is 2. The van der Waals surface area contributed by atoms with Crippen molar-refractivity contribution in [2.75, 3.05) is 5.32 Å². The van der Waals surface area contributed by atoms with E-state index in [1.54, 1.807) is 12.4 Å². The highest BCUT2D eigenvalue weighted by molar-refractivity contribution is 5.82. The quantitative estimate of drug-likeness (QED) is 0.602. The number of aromatic amines is 1. The second kappa shape index (κ2) is 5.29. The molecule has 106 valence electrons. The summed E-state index contributed by atoms with van der Waals surface area (Å²) in [4.78, 5) is 8.89. The lowest BCUT2D eigenvalue weighted by atomic mass is 10.2. The minimum atomic E-state index is 0.704. The highest BCUT2D eigenvalue weighted by Gasteiger charge is 2.03. The van der Waals surface area contributed by atoms with Crippen LogP contribution in [0.25, 0.3) is 22.3 Å². The van der Waals surface area contributed by atoms with Gasteiger partial charge in [0.05, 0.1) is 11.7 Å². The fourth-order valence-electron chi connectivity index (χ4n) is 2.32. The largest absolute Gasteiger partial charge is 0.340 e. The van der Waals surface area contributed by atoms with Crippen molar-refractivity contribution >= 4 is 22.4 Å². The summed E-state index contributed by atoms with van der Waals surface area (Å²) in [7, 11) is 0. The van der Waals surface area contributed by atoms with Crippen LogP contribution < -0.4 is 5.32 Å². The molecule has 2 aromatic heterocycles. The summed E-state index contributed by atoms with van der Waals surface area (Å²) >= 11 is 0. The second-order valence-electron chi connectivity index (χ2n) is 4.93. The zero-order valence-electron chi connectivity index (χ0n) is 11.7. The van der Waals surface area contributed by atoms with E-state index >= 15 is 0 Å². The van der Waals surface area contributed by atoms with Crippen LogP contribution in [0.4, 0.5) is 11.5 Å². The fourth-order valence-corrected chi connectivity index (χ4v) is 2.32. The maximum absolute atomic E-state index is 4.56. The summed E-state index contributed by atoms with van der Waals surface area (Å²) in [5.41, 5.74) is 2.97. The van der Waals surface area contributed by atoms with Crippen LogP contribution in [-0.2, 0) is 0 Å². The van der Waals surface area contributed by atoms with Gasteiger partial charge in [-0.2, -0.15) is 5.10 Å². The summed E-state index contributed by atoms with van der Waals surface area (Å²) in [6.45, 7) is 0. The van der Waals surface area contributed by atoms with Crippen LogP contribution in [-0.4, -0.2) is 20.2 Å². The van der Waals surface area contributed by atoms with Gasteiger partial charge in [-0.25, -0.2) is 9.97 Å². The predicted molar refractivity (Wildman–Crippen MR) is 86.8 cm³/mol. The van der Waals surface area contributed by atoms with E-state index in [1.165, 1.54) is 0 Å². The maximum Gasteiger partial charge on any atom is 0.161 e. The molecule has 0 aliphatic heterocycles. The molecule has 0 saturated carbocycles. The van der Waals surface area contributed by atoms with Gasteiger partial charge < -0.3 is 5.32 Å². The highest BCUT2D eigenvalue weighted by Crippen LogP contribution is 2.21. The zero-order valence-corrected chi connectivity index (χ0v) is 11.7. The van der Waals surface area contributed by atoms with Gasteiger partial charge in [0.2, 0.25) is 0 Å². The molecular formula is C17H13N5. The van der Waals surface area contributed by atoms with E-state index in [4.69, 9.17) is 0 Å². The SMILES string of the molecule is c1ccc(-c2nccc(Nc3ccc4[nH]ncc4c3)n2)cc1. The Morgan fingerprint density at radius 2 is 1.86 bits per heavy atom. The van der Waals surface area contributed by atoms with E-state index in [1.807, 2.05) is 54.6 Å². The fraction of sp³-hybridized carbons (Fsp3) is 0. The molecule has 0 atom stereocenters. The zero-order chi connectivity index (χ0) is 14.8. The number of nitrogens with one attached hydrogen (secondary N) is 2. The van der Waals surface area contributed by atoms with Crippen LogP contribution >= 0.6 is 0 Å². The molecule has 0 radical (unpaired) electrons. The highest BCUT2D eigenvalue weighted by atomic mass is 15.1. The predicted octanol–water partition coefficient (Wildman–Crippen LogP) is 3.76. The first-order chi connectivity index (χ1) is 10.9. The van der Waals surface area contributed by atoms with Crippen LogP contribution in [0.15, 0.2) is 67.0 Å². The summed E-state index contributed by atoms with van der Waals surface area (Å²) in [6.07, 6.45) is 3.56. The molecule has 4 rings (SSSR count). The molecule has 0 amide bonds. The number of rotatable bonds is 3. The van der Waals surface area contributed by atoms with Crippen molar-refractivity contribution in [3.8, 4) is 11.4 Å². The minimum Gasteiger partial charge on any atom is -0.340 e. The molecule has 2 aromatic carbocycles. The summed E-state index contributed by atoms with van der Waals surface area (Å²) in [6, 6.07) is 17.8. The Kier molecular flexibility index (Phi) is 3.01. The van der Waals surface area contributed by atoms with Gasteiger partial charge >= 0.3 is 0 Å². The molecule has 0 saturated heterocycles. The molecule has 0 fully saturated rings. The Bertz CT molecular complexity index is 914. The number of aromatic nitrogens is 4. The van der Waals surface area contributed by atoms with Crippen molar-refractivity contribution in [3.63, 3.8) is 0 Å². The van der Waals surface area contributed by atoms with Crippen molar-refractivity contribution in [1.82, 2.24) is 20.2 Å². The minimum absolute atomic E-state index is 0.704. The van der Waals surface area contributed by atoms with Crippen LogP contribution in [0.5, 0.6) is 0 Å². The molecule has 2 heterocycles. The molecule has 0 unspecified atom stereocenters. The van der Waals surface area contributed by atoms with Gasteiger partial charge in [0.1, 0.15) is 5.82 Å². The second-order valence-corrected chi connectivity index (χ2v) is 4.93.